The lowest BCUT2D eigenvalue weighted by atomic mass is 9.93. The monoisotopic (exact) mass is 477 g/mol. The normalized spacial score (nSPS) is 17.7. The Balaban J connectivity index is 1.61. The van der Waals surface area contributed by atoms with Gasteiger partial charge in [0.05, 0.1) is 42.0 Å². The third-order valence-electron chi connectivity index (χ3n) is 6.27. The fraction of sp³-hybridized carbons (Fsp3) is 0.333. The van der Waals surface area contributed by atoms with Gasteiger partial charge in [-0.1, -0.05) is 6.07 Å². The Morgan fingerprint density at radius 2 is 2.09 bits per heavy atom. The van der Waals surface area contributed by atoms with Crippen LogP contribution < -0.4 is 25.6 Å². The van der Waals surface area contributed by atoms with E-state index in [1.807, 2.05) is 36.3 Å². The first-order valence-corrected chi connectivity index (χ1v) is 11.1. The van der Waals surface area contributed by atoms with Crippen molar-refractivity contribution in [2.24, 2.45) is 5.92 Å². The van der Waals surface area contributed by atoms with E-state index in [2.05, 4.69) is 30.8 Å². The summed E-state index contributed by atoms with van der Waals surface area (Å²) in [6, 6.07) is 5.23. The maximum atomic E-state index is 12.8. The quantitative estimate of drug-likeness (QED) is 0.490. The molecule has 2 aliphatic rings. The molecule has 3 aromatic heterocycles. The predicted octanol–water partition coefficient (Wildman–Crippen LogP) is 2.90. The van der Waals surface area contributed by atoms with Gasteiger partial charge in [0.1, 0.15) is 5.75 Å². The van der Waals surface area contributed by atoms with Crippen molar-refractivity contribution in [3.8, 4) is 17.0 Å². The summed E-state index contributed by atoms with van der Waals surface area (Å²) in [7, 11) is 3.45. The fourth-order valence-electron chi connectivity index (χ4n) is 4.14. The van der Waals surface area contributed by atoms with Gasteiger partial charge < -0.3 is 25.6 Å². The van der Waals surface area contributed by atoms with Crippen molar-refractivity contribution in [3.63, 3.8) is 0 Å². The number of anilines is 4. The second kappa shape index (κ2) is 8.82. The minimum atomic E-state index is -2.74. The van der Waals surface area contributed by atoms with E-state index in [9.17, 15) is 9.59 Å². The Labute approximate surface area is 206 Å². The van der Waals surface area contributed by atoms with Crippen LogP contribution in [0.1, 0.15) is 46.0 Å². The molecule has 0 radical (unpaired) electrons. The van der Waals surface area contributed by atoms with Crippen LogP contribution in [0.4, 0.5) is 23.0 Å². The van der Waals surface area contributed by atoms with E-state index >= 15 is 0 Å². The Morgan fingerprint density at radius 3 is 2.83 bits per heavy atom. The third-order valence-corrected chi connectivity index (χ3v) is 6.27. The van der Waals surface area contributed by atoms with Crippen LogP contribution in [-0.4, -0.2) is 53.1 Å². The smallest absolute Gasteiger partial charge is 0.273 e. The van der Waals surface area contributed by atoms with Crippen molar-refractivity contribution in [1.29, 1.82) is 0 Å². The van der Waals surface area contributed by atoms with E-state index in [1.165, 1.54) is 12.3 Å². The molecule has 2 amide bonds. The van der Waals surface area contributed by atoms with Crippen molar-refractivity contribution in [2.45, 2.75) is 25.8 Å². The van der Waals surface area contributed by atoms with Gasteiger partial charge in [0.25, 0.3) is 5.91 Å². The number of carbonyl (C=O) groups excluding carboxylic acids is 2. The van der Waals surface area contributed by atoms with E-state index in [4.69, 9.17) is 8.85 Å². The number of fused-ring (bicyclic) bond motifs is 3. The van der Waals surface area contributed by atoms with E-state index in [0.717, 1.165) is 24.1 Å². The molecule has 1 aliphatic heterocycles. The first kappa shape index (κ1) is 19.1. The molecule has 1 aliphatic carbocycles. The second-order valence-corrected chi connectivity index (χ2v) is 8.46. The largest absolute Gasteiger partial charge is 0.494 e. The molecule has 3 N–H and O–H groups in total. The summed E-state index contributed by atoms with van der Waals surface area (Å²) in [5.74, 6) is -0.260. The van der Waals surface area contributed by atoms with E-state index in [0.29, 0.717) is 22.8 Å². The average Bonchev–Trinajstić information content (AvgIpc) is 3.72. The molecule has 4 heterocycles. The molecular formula is C24H26N8O3. The molecule has 1 fully saturated rings. The molecule has 180 valence electrons. The van der Waals surface area contributed by atoms with Crippen molar-refractivity contribution in [3.05, 3.63) is 41.9 Å². The highest BCUT2D eigenvalue weighted by Crippen LogP contribution is 2.50. The van der Waals surface area contributed by atoms with Crippen LogP contribution in [0, 0.1) is 5.92 Å². The Bertz CT molecular complexity index is 1430. The van der Waals surface area contributed by atoms with E-state index in [-0.39, 0.29) is 35.1 Å². The Hall–Kier alpha value is -4.28. The van der Waals surface area contributed by atoms with Gasteiger partial charge in [-0.15, -0.1) is 10.2 Å². The summed E-state index contributed by atoms with van der Waals surface area (Å²) in [6.07, 6.45) is 4.83. The van der Waals surface area contributed by atoms with Gasteiger partial charge in [-0.05, 0) is 25.8 Å². The van der Waals surface area contributed by atoms with Crippen molar-refractivity contribution in [1.82, 2.24) is 25.5 Å². The van der Waals surface area contributed by atoms with Gasteiger partial charge in [0, 0.05) is 41.9 Å². The number of nitrogens with zero attached hydrogens (tertiary/aromatic N) is 5. The molecule has 0 unspecified atom stereocenters. The van der Waals surface area contributed by atoms with Gasteiger partial charge in [0.2, 0.25) is 5.91 Å². The standard InChI is InChI=1S/C24H26N8O3/c1-12-14-6-5-9-26-19(14)18-16(35-4)11-27-22(21(18)32(12)3)28-15-10-17(29-23(33)13-7-8-13)30-31-20(15)24(34)25-2/h5-6,9-13H,7-8H2,1-4H3,(H,25,34)(H2,27,28,29,30,33)/t12-/m1/s1/i2D3. The van der Waals surface area contributed by atoms with E-state index < -0.39 is 12.9 Å². The summed E-state index contributed by atoms with van der Waals surface area (Å²) in [5, 5.41) is 15.6. The summed E-state index contributed by atoms with van der Waals surface area (Å²) in [6.45, 7) is -0.709. The van der Waals surface area contributed by atoms with Crippen LogP contribution in [0.15, 0.2) is 30.6 Å². The maximum absolute atomic E-state index is 12.8. The molecule has 5 rings (SSSR count). The molecule has 0 aromatic carbocycles. The molecular weight excluding hydrogens is 448 g/mol. The lowest BCUT2D eigenvalue weighted by Crippen LogP contribution is -2.28. The van der Waals surface area contributed by atoms with Gasteiger partial charge in [-0.2, -0.15) is 0 Å². The number of hydrogen-bond donors (Lipinski definition) is 3. The number of nitrogens with one attached hydrogen (secondary N) is 3. The minimum absolute atomic E-state index is 0.0667. The number of hydrogen-bond acceptors (Lipinski definition) is 9. The summed E-state index contributed by atoms with van der Waals surface area (Å²) >= 11 is 0. The first-order valence-electron chi connectivity index (χ1n) is 12.6. The Morgan fingerprint density at radius 1 is 1.26 bits per heavy atom. The number of pyridine rings is 2. The molecule has 0 saturated heterocycles. The highest BCUT2D eigenvalue weighted by molar-refractivity contribution is 6.01. The topological polar surface area (TPSA) is 134 Å². The zero-order valence-electron chi connectivity index (χ0n) is 22.4. The molecule has 0 bridgehead atoms. The van der Waals surface area contributed by atoms with Gasteiger partial charge in [-0.25, -0.2) is 4.98 Å². The molecule has 1 atom stereocenters. The molecule has 11 heteroatoms. The number of ether oxygens (including phenoxy) is 1. The fourth-order valence-corrected chi connectivity index (χ4v) is 4.14. The van der Waals surface area contributed by atoms with Crippen LogP contribution in [0.25, 0.3) is 11.3 Å². The molecule has 35 heavy (non-hydrogen) atoms. The lowest BCUT2D eigenvalue weighted by Gasteiger charge is -2.36. The van der Waals surface area contributed by atoms with E-state index in [1.54, 1.807) is 13.3 Å². The minimum Gasteiger partial charge on any atom is -0.494 e. The number of rotatable bonds is 6. The van der Waals surface area contributed by atoms with Crippen LogP contribution in [0.3, 0.4) is 0 Å². The molecule has 1 saturated carbocycles. The zero-order chi connectivity index (χ0) is 27.2. The van der Waals surface area contributed by atoms with Crippen LogP contribution in [-0.2, 0) is 4.79 Å². The highest BCUT2D eigenvalue weighted by Gasteiger charge is 2.33. The van der Waals surface area contributed by atoms with Crippen molar-refractivity contribution in [2.75, 3.05) is 36.7 Å². The molecule has 0 spiro atoms. The average molecular weight is 478 g/mol. The predicted molar refractivity (Wildman–Crippen MR) is 131 cm³/mol. The summed E-state index contributed by atoms with van der Waals surface area (Å²) < 4.78 is 27.9. The zero-order valence-corrected chi connectivity index (χ0v) is 19.4. The summed E-state index contributed by atoms with van der Waals surface area (Å²) in [4.78, 5) is 36.3. The van der Waals surface area contributed by atoms with Crippen LogP contribution in [0.5, 0.6) is 5.75 Å². The van der Waals surface area contributed by atoms with Crippen molar-refractivity contribution >= 4 is 34.8 Å². The molecule has 11 nitrogen and oxygen atoms in total. The lowest BCUT2D eigenvalue weighted by molar-refractivity contribution is -0.117. The SMILES string of the molecule is [2H]C([2H])([2H])NC(=O)c1nnc(NC(=O)C2CC2)cc1Nc1ncc(OC)c2c1N(C)[C@H](C)c1cccnc1-2. The summed E-state index contributed by atoms with van der Waals surface area (Å²) in [5.41, 5.74) is 2.94. The number of carbonyl (C=O) groups is 2. The van der Waals surface area contributed by atoms with Gasteiger partial charge in [-0.3, -0.25) is 14.6 Å². The Kier molecular flexibility index (Phi) is 4.81. The molecule has 3 aromatic rings. The highest BCUT2D eigenvalue weighted by atomic mass is 16.5. The van der Waals surface area contributed by atoms with Crippen molar-refractivity contribution < 1.29 is 18.4 Å². The third kappa shape index (κ3) is 3.98. The maximum Gasteiger partial charge on any atom is 0.273 e. The van der Waals surface area contributed by atoms with Crippen LogP contribution in [0.2, 0.25) is 0 Å². The van der Waals surface area contributed by atoms with Gasteiger partial charge in [0.15, 0.2) is 17.3 Å². The van der Waals surface area contributed by atoms with Crippen LogP contribution >= 0.6 is 0 Å². The number of amides is 2. The number of aromatic nitrogens is 4. The second-order valence-electron chi connectivity index (χ2n) is 8.46. The van der Waals surface area contributed by atoms with Gasteiger partial charge >= 0.3 is 0 Å². The first-order chi connectivity index (χ1) is 18.1. The number of methoxy groups -OCH3 is 1.